The number of likely N-dealkylation sites (tertiary alicyclic amines) is 1. The van der Waals surface area contributed by atoms with Gasteiger partial charge in [0.1, 0.15) is 12.1 Å². The van der Waals surface area contributed by atoms with E-state index in [4.69, 9.17) is 11.6 Å². The van der Waals surface area contributed by atoms with E-state index in [1.165, 1.54) is 56.1 Å². The first kappa shape index (κ1) is 19.3. The van der Waals surface area contributed by atoms with Crippen molar-refractivity contribution in [2.75, 3.05) is 13.1 Å². The first-order valence-electron chi connectivity index (χ1n) is 9.17. The molecule has 1 saturated heterocycles. The van der Waals surface area contributed by atoms with Gasteiger partial charge in [-0.1, -0.05) is 35.9 Å². The lowest BCUT2D eigenvalue weighted by Crippen LogP contribution is -3.11. The Bertz CT molecular complexity index is 835. The first-order valence-corrected chi connectivity index (χ1v) is 9.55. The van der Waals surface area contributed by atoms with Gasteiger partial charge in [0, 0.05) is 23.2 Å². The summed E-state index contributed by atoms with van der Waals surface area (Å²) in [6.07, 6.45) is 3.82. The highest BCUT2D eigenvalue weighted by Crippen LogP contribution is 2.22. The van der Waals surface area contributed by atoms with Gasteiger partial charge in [0.2, 0.25) is 0 Å². The van der Waals surface area contributed by atoms with Gasteiger partial charge in [-0.3, -0.25) is 14.9 Å². The highest BCUT2D eigenvalue weighted by Gasteiger charge is 2.21. The molecule has 0 aliphatic carbocycles. The van der Waals surface area contributed by atoms with Crippen LogP contribution in [0.15, 0.2) is 42.5 Å². The molecule has 0 saturated carbocycles. The van der Waals surface area contributed by atoms with Crippen molar-refractivity contribution in [2.45, 2.75) is 32.4 Å². The minimum atomic E-state index is -0.571. The van der Waals surface area contributed by atoms with Crippen molar-refractivity contribution in [3.63, 3.8) is 0 Å². The fraction of sp³-hybridized carbons (Fsp3) is 0.350. The maximum atomic E-state index is 12.5. The molecule has 142 valence electrons. The van der Waals surface area contributed by atoms with Crippen LogP contribution < -0.4 is 10.2 Å². The number of nitrogens with zero attached hydrogens (tertiary/aromatic N) is 1. The van der Waals surface area contributed by atoms with Gasteiger partial charge < -0.3 is 10.2 Å². The SMILES string of the molecule is O=C(NCc1ccccc1C[NH+]1CCCCC1)c1cc(Cl)ccc1[N+](=O)[O-]. The van der Waals surface area contributed by atoms with Crippen LogP contribution in [0.2, 0.25) is 5.02 Å². The number of halogens is 1. The molecule has 7 heteroatoms. The third-order valence-electron chi connectivity index (χ3n) is 4.96. The molecule has 0 aromatic heterocycles. The highest BCUT2D eigenvalue weighted by molar-refractivity contribution is 6.31. The van der Waals surface area contributed by atoms with Crippen LogP contribution >= 0.6 is 11.6 Å². The summed E-state index contributed by atoms with van der Waals surface area (Å²) in [6.45, 7) is 3.61. The number of carbonyl (C=O) groups is 1. The number of quaternary nitrogens is 1. The molecule has 1 aliphatic heterocycles. The van der Waals surface area contributed by atoms with E-state index in [0.717, 1.165) is 12.1 Å². The van der Waals surface area contributed by atoms with Crippen LogP contribution in [-0.4, -0.2) is 23.9 Å². The van der Waals surface area contributed by atoms with Crippen molar-refractivity contribution < 1.29 is 14.6 Å². The van der Waals surface area contributed by atoms with Crippen molar-refractivity contribution in [2.24, 2.45) is 0 Å². The second-order valence-corrected chi connectivity index (χ2v) is 7.29. The minimum Gasteiger partial charge on any atom is -0.348 e. The van der Waals surface area contributed by atoms with E-state index in [0.29, 0.717) is 11.6 Å². The molecule has 2 aromatic rings. The summed E-state index contributed by atoms with van der Waals surface area (Å²) in [4.78, 5) is 24.7. The molecule has 1 aliphatic rings. The molecule has 6 nitrogen and oxygen atoms in total. The Hall–Kier alpha value is -2.44. The molecule has 1 fully saturated rings. The Morgan fingerprint density at radius 2 is 1.81 bits per heavy atom. The summed E-state index contributed by atoms with van der Waals surface area (Å²) in [7, 11) is 0. The Morgan fingerprint density at radius 3 is 2.52 bits per heavy atom. The third kappa shape index (κ3) is 5.05. The van der Waals surface area contributed by atoms with Gasteiger partial charge in [-0.2, -0.15) is 0 Å². The van der Waals surface area contributed by atoms with Crippen molar-refractivity contribution >= 4 is 23.2 Å². The smallest absolute Gasteiger partial charge is 0.282 e. The lowest BCUT2D eigenvalue weighted by atomic mass is 10.0. The molecule has 0 unspecified atom stereocenters. The van der Waals surface area contributed by atoms with Crippen LogP contribution in [0.4, 0.5) is 5.69 Å². The number of nitro benzene ring substituents is 1. The van der Waals surface area contributed by atoms with E-state index >= 15 is 0 Å². The lowest BCUT2D eigenvalue weighted by Gasteiger charge is -2.24. The van der Waals surface area contributed by atoms with E-state index in [9.17, 15) is 14.9 Å². The Labute approximate surface area is 163 Å². The molecule has 0 atom stereocenters. The number of nitrogens with one attached hydrogen (secondary N) is 2. The van der Waals surface area contributed by atoms with Gasteiger partial charge in [-0.25, -0.2) is 0 Å². The molecular weight excluding hydrogens is 366 g/mol. The average Bonchev–Trinajstić information content (AvgIpc) is 2.67. The molecule has 2 N–H and O–H groups in total. The summed E-state index contributed by atoms with van der Waals surface area (Å²) in [6, 6.07) is 12.0. The molecular formula is C20H23ClN3O3+. The maximum absolute atomic E-state index is 12.5. The summed E-state index contributed by atoms with van der Waals surface area (Å²) < 4.78 is 0. The molecule has 0 spiro atoms. The van der Waals surface area contributed by atoms with E-state index in [-0.39, 0.29) is 11.3 Å². The van der Waals surface area contributed by atoms with Gasteiger partial charge in [0.25, 0.3) is 11.6 Å². The van der Waals surface area contributed by atoms with E-state index in [1.54, 1.807) is 4.90 Å². The molecule has 3 rings (SSSR count). The summed E-state index contributed by atoms with van der Waals surface area (Å²) in [5, 5.41) is 14.3. The zero-order chi connectivity index (χ0) is 19.2. The van der Waals surface area contributed by atoms with Crippen LogP contribution in [0.3, 0.4) is 0 Å². The zero-order valence-electron chi connectivity index (χ0n) is 15.0. The van der Waals surface area contributed by atoms with Crippen LogP contribution in [-0.2, 0) is 13.1 Å². The van der Waals surface area contributed by atoms with Gasteiger partial charge in [-0.15, -0.1) is 0 Å². The average molecular weight is 389 g/mol. The van der Waals surface area contributed by atoms with Crippen molar-refractivity contribution in [3.05, 3.63) is 74.3 Å². The summed E-state index contributed by atoms with van der Waals surface area (Å²) in [5.74, 6) is -0.496. The standard InChI is InChI=1S/C20H22ClN3O3/c21-17-8-9-19(24(26)27)18(12-17)20(25)22-13-15-6-2-3-7-16(15)14-23-10-4-1-5-11-23/h2-3,6-9,12H,1,4-5,10-11,13-14H2,(H,22,25)/p+1. The van der Waals surface area contributed by atoms with Gasteiger partial charge in [0.05, 0.1) is 18.0 Å². The highest BCUT2D eigenvalue weighted by atomic mass is 35.5. The van der Waals surface area contributed by atoms with Gasteiger partial charge in [-0.05, 0) is 37.0 Å². The van der Waals surface area contributed by atoms with Crippen LogP contribution in [0.1, 0.15) is 40.7 Å². The first-order chi connectivity index (χ1) is 13.0. The number of amides is 1. The van der Waals surface area contributed by atoms with E-state index < -0.39 is 10.8 Å². The number of benzene rings is 2. The van der Waals surface area contributed by atoms with Crippen molar-refractivity contribution in [1.29, 1.82) is 0 Å². The molecule has 0 radical (unpaired) electrons. The summed E-state index contributed by atoms with van der Waals surface area (Å²) >= 11 is 5.91. The number of nitro groups is 1. The largest absolute Gasteiger partial charge is 0.348 e. The van der Waals surface area contributed by atoms with Gasteiger partial charge >= 0.3 is 0 Å². The predicted octanol–water partition coefficient (Wildman–Crippen LogP) is 2.75. The number of carbonyl (C=O) groups excluding carboxylic acids is 1. The maximum Gasteiger partial charge on any atom is 0.282 e. The Morgan fingerprint density at radius 1 is 1.11 bits per heavy atom. The second kappa shape index (κ2) is 8.97. The topological polar surface area (TPSA) is 76.7 Å². The molecule has 2 aromatic carbocycles. The molecule has 1 amide bonds. The number of piperidine rings is 1. The predicted molar refractivity (Wildman–Crippen MR) is 104 cm³/mol. The second-order valence-electron chi connectivity index (χ2n) is 6.86. The van der Waals surface area contributed by atoms with Crippen molar-refractivity contribution in [3.8, 4) is 0 Å². The fourth-order valence-corrected chi connectivity index (χ4v) is 3.69. The normalized spacial score (nSPS) is 14.7. The third-order valence-corrected chi connectivity index (χ3v) is 5.19. The van der Waals surface area contributed by atoms with Crippen LogP contribution in [0.25, 0.3) is 0 Å². The molecule has 27 heavy (non-hydrogen) atoms. The summed E-state index contributed by atoms with van der Waals surface area (Å²) in [5.41, 5.74) is 1.97. The van der Waals surface area contributed by atoms with E-state index in [2.05, 4.69) is 11.4 Å². The van der Waals surface area contributed by atoms with E-state index in [1.807, 2.05) is 18.2 Å². The quantitative estimate of drug-likeness (QED) is 0.590. The fourth-order valence-electron chi connectivity index (χ4n) is 3.52. The Kier molecular flexibility index (Phi) is 6.42. The van der Waals surface area contributed by atoms with Crippen molar-refractivity contribution in [1.82, 2.24) is 5.32 Å². The minimum absolute atomic E-state index is 0.0216. The van der Waals surface area contributed by atoms with Crippen LogP contribution in [0, 0.1) is 10.1 Å². The lowest BCUT2D eigenvalue weighted by molar-refractivity contribution is -0.918. The number of hydrogen-bond donors (Lipinski definition) is 2. The Balaban J connectivity index is 1.71. The number of rotatable bonds is 6. The molecule has 0 bridgehead atoms. The zero-order valence-corrected chi connectivity index (χ0v) is 15.8. The monoisotopic (exact) mass is 388 g/mol. The molecule has 1 heterocycles. The van der Waals surface area contributed by atoms with Gasteiger partial charge in [0.15, 0.2) is 0 Å². The number of hydrogen-bond acceptors (Lipinski definition) is 3. The van der Waals surface area contributed by atoms with Crippen LogP contribution in [0.5, 0.6) is 0 Å².